The van der Waals surface area contributed by atoms with Crippen LogP contribution in [-0.2, 0) is 0 Å². The average Bonchev–Trinajstić information content (AvgIpc) is 2.75. The van der Waals surface area contributed by atoms with Crippen molar-refractivity contribution in [3.8, 4) is 11.5 Å². The SMILES string of the molecule is CCCCCCCCOc1ccc(SC(=O)c2ccc(OCCCC)cc2)c(Br)c1. The van der Waals surface area contributed by atoms with Gasteiger partial charge in [0.2, 0.25) is 5.12 Å². The molecule has 0 saturated carbocycles. The monoisotopic (exact) mass is 492 g/mol. The largest absolute Gasteiger partial charge is 0.494 e. The Hall–Kier alpha value is -1.46. The van der Waals surface area contributed by atoms with Gasteiger partial charge in [0, 0.05) is 14.9 Å². The zero-order chi connectivity index (χ0) is 21.6. The van der Waals surface area contributed by atoms with E-state index in [4.69, 9.17) is 9.47 Å². The first-order valence-corrected chi connectivity index (χ1v) is 12.6. The summed E-state index contributed by atoms with van der Waals surface area (Å²) in [4.78, 5) is 13.5. The van der Waals surface area contributed by atoms with Gasteiger partial charge < -0.3 is 9.47 Å². The molecule has 164 valence electrons. The van der Waals surface area contributed by atoms with Gasteiger partial charge in [0.1, 0.15) is 11.5 Å². The molecule has 2 aromatic rings. The fourth-order valence-electron chi connectivity index (χ4n) is 2.91. The minimum absolute atomic E-state index is 0.0107. The van der Waals surface area contributed by atoms with E-state index in [2.05, 4.69) is 29.8 Å². The molecule has 0 radical (unpaired) electrons. The number of ether oxygens (including phenoxy) is 2. The molecule has 0 aliphatic carbocycles. The summed E-state index contributed by atoms with van der Waals surface area (Å²) in [6.45, 7) is 5.81. The molecule has 0 unspecified atom stereocenters. The summed E-state index contributed by atoms with van der Waals surface area (Å²) >= 11 is 4.79. The second-order valence-electron chi connectivity index (χ2n) is 7.32. The number of thioether (sulfide) groups is 1. The van der Waals surface area contributed by atoms with E-state index < -0.39 is 0 Å². The highest BCUT2D eigenvalue weighted by atomic mass is 79.9. The number of benzene rings is 2. The lowest BCUT2D eigenvalue weighted by atomic mass is 10.1. The fraction of sp³-hybridized carbons (Fsp3) is 0.480. The average molecular weight is 494 g/mol. The van der Waals surface area contributed by atoms with Crippen molar-refractivity contribution in [2.75, 3.05) is 13.2 Å². The first kappa shape index (κ1) is 24.8. The molecule has 0 spiro atoms. The smallest absolute Gasteiger partial charge is 0.224 e. The molecule has 0 saturated heterocycles. The Kier molecular flexibility index (Phi) is 12.0. The molecular weight excluding hydrogens is 460 g/mol. The van der Waals surface area contributed by atoms with Gasteiger partial charge in [-0.1, -0.05) is 52.4 Å². The normalized spacial score (nSPS) is 10.8. The van der Waals surface area contributed by atoms with Crippen molar-refractivity contribution in [3.63, 3.8) is 0 Å². The van der Waals surface area contributed by atoms with Gasteiger partial charge in [-0.15, -0.1) is 0 Å². The Morgan fingerprint density at radius 1 is 0.800 bits per heavy atom. The third-order valence-electron chi connectivity index (χ3n) is 4.73. The second-order valence-corrected chi connectivity index (χ2v) is 9.19. The van der Waals surface area contributed by atoms with Crippen LogP contribution >= 0.6 is 27.7 Å². The van der Waals surface area contributed by atoms with Crippen molar-refractivity contribution in [1.29, 1.82) is 0 Å². The van der Waals surface area contributed by atoms with Crippen LogP contribution in [0.5, 0.6) is 11.5 Å². The van der Waals surface area contributed by atoms with Crippen LogP contribution in [0.1, 0.15) is 75.6 Å². The second kappa shape index (κ2) is 14.5. The molecule has 3 nitrogen and oxygen atoms in total. The van der Waals surface area contributed by atoms with Crippen molar-refractivity contribution in [1.82, 2.24) is 0 Å². The van der Waals surface area contributed by atoms with Gasteiger partial charge in [0.05, 0.1) is 13.2 Å². The first-order valence-electron chi connectivity index (χ1n) is 11.0. The molecule has 2 aromatic carbocycles. The van der Waals surface area contributed by atoms with Gasteiger partial charge in [-0.05, 0) is 83.0 Å². The lowest BCUT2D eigenvalue weighted by molar-refractivity contribution is 0.108. The van der Waals surface area contributed by atoms with Crippen LogP contribution in [0.4, 0.5) is 0 Å². The topological polar surface area (TPSA) is 35.5 Å². The van der Waals surface area contributed by atoms with Crippen molar-refractivity contribution in [2.24, 2.45) is 0 Å². The van der Waals surface area contributed by atoms with Crippen LogP contribution in [-0.4, -0.2) is 18.3 Å². The molecular formula is C25H33BrO3S. The molecule has 0 heterocycles. The predicted molar refractivity (Wildman–Crippen MR) is 130 cm³/mol. The Morgan fingerprint density at radius 3 is 2.10 bits per heavy atom. The predicted octanol–water partition coefficient (Wildman–Crippen LogP) is 8.30. The maximum absolute atomic E-state index is 12.6. The Labute approximate surface area is 194 Å². The van der Waals surface area contributed by atoms with Gasteiger partial charge in [0.25, 0.3) is 0 Å². The van der Waals surface area contributed by atoms with Crippen LogP contribution in [0, 0.1) is 0 Å². The highest BCUT2D eigenvalue weighted by Crippen LogP contribution is 2.33. The van der Waals surface area contributed by atoms with Gasteiger partial charge in [-0.25, -0.2) is 0 Å². The molecule has 5 heteroatoms. The van der Waals surface area contributed by atoms with Crippen LogP contribution in [0.3, 0.4) is 0 Å². The summed E-state index contributed by atoms with van der Waals surface area (Å²) in [5, 5.41) is 0.0107. The molecule has 2 rings (SSSR count). The lowest BCUT2D eigenvalue weighted by Gasteiger charge is -2.09. The third-order valence-corrected chi connectivity index (χ3v) is 6.64. The number of halogens is 1. The number of carbonyl (C=O) groups excluding carboxylic acids is 1. The minimum atomic E-state index is 0.0107. The highest BCUT2D eigenvalue weighted by molar-refractivity contribution is 9.10. The lowest BCUT2D eigenvalue weighted by Crippen LogP contribution is -1.99. The Balaban J connectivity index is 1.80. The first-order chi connectivity index (χ1) is 14.6. The van der Waals surface area contributed by atoms with Crippen LogP contribution in [0.15, 0.2) is 51.8 Å². The van der Waals surface area contributed by atoms with Crippen molar-refractivity contribution in [2.45, 2.75) is 70.1 Å². The van der Waals surface area contributed by atoms with Crippen molar-refractivity contribution < 1.29 is 14.3 Å². The molecule has 0 N–H and O–H groups in total. The standard InChI is InChI=1S/C25H33BrO3S/c1-3-5-7-8-9-10-18-29-22-15-16-24(23(26)19-22)30-25(27)20-11-13-21(14-12-20)28-17-6-4-2/h11-16,19H,3-10,17-18H2,1-2H3. The Morgan fingerprint density at radius 2 is 1.40 bits per heavy atom. The van der Waals surface area contributed by atoms with E-state index in [1.54, 1.807) is 0 Å². The zero-order valence-electron chi connectivity index (χ0n) is 18.1. The van der Waals surface area contributed by atoms with Gasteiger partial charge in [0.15, 0.2) is 0 Å². The van der Waals surface area contributed by atoms with E-state index >= 15 is 0 Å². The summed E-state index contributed by atoms with van der Waals surface area (Å²) in [5.74, 6) is 1.64. The Bertz CT molecular complexity index is 761. The molecule has 0 amide bonds. The number of carbonyl (C=O) groups is 1. The van der Waals surface area contributed by atoms with Gasteiger partial charge in [-0.2, -0.15) is 0 Å². The molecule has 0 aliphatic rings. The van der Waals surface area contributed by atoms with Crippen LogP contribution in [0.25, 0.3) is 0 Å². The summed E-state index contributed by atoms with van der Waals surface area (Å²) in [7, 11) is 0. The highest BCUT2D eigenvalue weighted by Gasteiger charge is 2.12. The van der Waals surface area contributed by atoms with Crippen LogP contribution in [0.2, 0.25) is 0 Å². The number of unbranched alkanes of at least 4 members (excludes halogenated alkanes) is 6. The van der Waals surface area contributed by atoms with E-state index in [9.17, 15) is 4.79 Å². The molecule has 0 aliphatic heterocycles. The fourth-order valence-corrected chi connectivity index (χ4v) is 4.25. The maximum atomic E-state index is 12.6. The van der Waals surface area contributed by atoms with Crippen molar-refractivity contribution in [3.05, 3.63) is 52.5 Å². The van der Waals surface area contributed by atoms with Gasteiger partial charge in [-0.3, -0.25) is 4.79 Å². The quantitative estimate of drug-likeness (QED) is 0.196. The van der Waals surface area contributed by atoms with E-state index in [1.165, 1.54) is 43.9 Å². The summed E-state index contributed by atoms with van der Waals surface area (Å²) in [5.41, 5.74) is 0.665. The molecule has 0 atom stereocenters. The summed E-state index contributed by atoms with van der Waals surface area (Å²) < 4.78 is 12.4. The maximum Gasteiger partial charge on any atom is 0.224 e. The van der Waals surface area contributed by atoms with Crippen molar-refractivity contribution >= 4 is 32.8 Å². The minimum Gasteiger partial charge on any atom is -0.494 e. The zero-order valence-corrected chi connectivity index (χ0v) is 20.5. The molecule has 0 bridgehead atoms. The third kappa shape index (κ3) is 9.13. The number of hydrogen-bond donors (Lipinski definition) is 0. The molecule has 30 heavy (non-hydrogen) atoms. The summed E-state index contributed by atoms with van der Waals surface area (Å²) in [6.07, 6.45) is 9.62. The van der Waals surface area contributed by atoms with E-state index in [0.29, 0.717) is 12.2 Å². The van der Waals surface area contributed by atoms with E-state index in [0.717, 1.165) is 46.7 Å². The summed E-state index contributed by atoms with van der Waals surface area (Å²) in [6, 6.07) is 13.2. The van der Waals surface area contributed by atoms with Gasteiger partial charge >= 0.3 is 0 Å². The van der Waals surface area contributed by atoms with E-state index in [-0.39, 0.29) is 5.12 Å². The molecule has 0 aromatic heterocycles. The number of hydrogen-bond acceptors (Lipinski definition) is 4. The van der Waals surface area contributed by atoms with Crippen LogP contribution < -0.4 is 9.47 Å². The number of rotatable bonds is 14. The van der Waals surface area contributed by atoms with E-state index in [1.807, 2.05) is 42.5 Å². The molecule has 0 fully saturated rings.